The van der Waals surface area contributed by atoms with Gasteiger partial charge in [-0.15, -0.1) is 0 Å². The predicted octanol–water partition coefficient (Wildman–Crippen LogP) is 1.88. The lowest BCUT2D eigenvalue weighted by atomic mass is 10.1. The minimum Gasteiger partial charge on any atom is -0.508 e. The van der Waals surface area contributed by atoms with Crippen LogP contribution in [-0.2, 0) is 0 Å². The van der Waals surface area contributed by atoms with Crippen molar-refractivity contribution >= 4 is 17.6 Å². The number of carboxylic acid groups (broad SMARTS) is 1. The van der Waals surface area contributed by atoms with Crippen molar-refractivity contribution in [3.63, 3.8) is 0 Å². The van der Waals surface area contributed by atoms with Crippen molar-refractivity contribution < 1.29 is 24.2 Å². The summed E-state index contributed by atoms with van der Waals surface area (Å²) < 4.78 is 12.6. The van der Waals surface area contributed by atoms with Crippen LogP contribution in [-0.4, -0.2) is 27.1 Å². The number of carbonyl (C=O) groups is 2. The summed E-state index contributed by atoms with van der Waals surface area (Å²) in [5.41, 5.74) is -0.158. The van der Waals surface area contributed by atoms with Gasteiger partial charge in [0.25, 0.3) is 5.91 Å². The average Bonchev–Trinajstić information content (AvgIpc) is 2.41. The molecule has 0 aliphatic heterocycles. The summed E-state index contributed by atoms with van der Waals surface area (Å²) in [6.07, 6.45) is 1.03. The van der Waals surface area contributed by atoms with Gasteiger partial charge < -0.3 is 15.5 Å². The highest BCUT2D eigenvalue weighted by Crippen LogP contribution is 2.21. The number of rotatable bonds is 3. The Balaban J connectivity index is 2.28. The quantitative estimate of drug-likeness (QED) is 0.587. The fourth-order valence-electron chi connectivity index (χ4n) is 1.52. The molecule has 3 N–H and O–H groups in total. The largest absolute Gasteiger partial charge is 0.508 e. The molecule has 0 saturated carbocycles. The molecular formula is C13H9FN2O4. The number of nitrogens with zero attached hydrogens (tertiary/aromatic N) is 1. The first-order valence-electron chi connectivity index (χ1n) is 5.46. The van der Waals surface area contributed by atoms with Gasteiger partial charge in [-0.3, -0.25) is 4.79 Å². The maximum atomic E-state index is 12.6. The highest BCUT2D eigenvalue weighted by atomic mass is 19.1. The standard InChI is InChI=1S/C13H9FN2O4/c14-11-4-1-7(6-15-11)12(18)16-10-3-2-8(17)5-9(10)13(19)20/h1-6,17H,(H,16,18)(H,19,20). The lowest BCUT2D eigenvalue weighted by molar-refractivity contribution is 0.0697. The number of nitrogens with one attached hydrogen (secondary N) is 1. The van der Waals surface area contributed by atoms with E-state index in [1.54, 1.807) is 0 Å². The molecule has 0 aliphatic rings. The third-order valence-electron chi connectivity index (χ3n) is 2.47. The van der Waals surface area contributed by atoms with Crippen molar-refractivity contribution in [2.75, 3.05) is 5.32 Å². The zero-order valence-electron chi connectivity index (χ0n) is 10.0. The molecule has 2 rings (SSSR count). The van der Waals surface area contributed by atoms with Crippen LogP contribution in [0.25, 0.3) is 0 Å². The SMILES string of the molecule is O=C(Nc1ccc(O)cc1C(=O)O)c1ccc(F)nc1. The van der Waals surface area contributed by atoms with Crippen LogP contribution < -0.4 is 5.32 Å². The zero-order valence-corrected chi connectivity index (χ0v) is 10.0. The Kier molecular flexibility index (Phi) is 3.60. The van der Waals surface area contributed by atoms with E-state index in [0.717, 1.165) is 18.3 Å². The Morgan fingerprint density at radius 2 is 1.95 bits per heavy atom. The molecule has 0 unspecified atom stereocenters. The smallest absolute Gasteiger partial charge is 0.337 e. The van der Waals surface area contributed by atoms with Crippen LogP contribution in [0.1, 0.15) is 20.7 Å². The Labute approximate surface area is 112 Å². The summed E-state index contributed by atoms with van der Waals surface area (Å²) in [6, 6.07) is 5.75. The van der Waals surface area contributed by atoms with Gasteiger partial charge in [0.15, 0.2) is 0 Å². The lowest BCUT2D eigenvalue weighted by Gasteiger charge is -2.08. The number of aromatic hydroxyl groups is 1. The van der Waals surface area contributed by atoms with Crippen LogP contribution in [0.3, 0.4) is 0 Å². The van der Waals surface area contributed by atoms with E-state index in [0.29, 0.717) is 0 Å². The molecule has 1 amide bonds. The topological polar surface area (TPSA) is 99.5 Å². The Bertz CT molecular complexity index is 671. The number of phenols is 1. The maximum absolute atomic E-state index is 12.6. The zero-order chi connectivity index (χ0) is 14.7. The molecule has 6 nitrogen and oxygen atoms in total. The highest BCUT2D eigenvalue weighted by molar-refractivity contribution is 6.07. The van der Waals surface area contributed by atoms with Crippen LogP contribution in [0.15, 0.2) is 36.5 Å². The highest BCUT2D eigenvalue weighted by Gasteiger charge is 2.14. The maximum Gasteiger partial charge on any atom is 0.337 e. The Morgan fingerprint density at radius 3 is 2.55 bits per heavy atom. The fourth-order valence-corrected chi connectivity index (χ4v) is 1.52. The van der Waals surface area contributed by atoms with Crippen molar-refractivity contribution in [2.45, 2.75) is 0 Å². The molecule has 0 atom stereocenters. The van der Waals surface area contributed by atoms with E-state index in [-0.39, 0.29) is 22.6 Å². The molecule has 0 fully saturated rings. The summed E-state index contributed by atoms with van der Waals surface area (Å²) in [5, 5.41) is 20.6. The van der Waals surface area contributed by atoms with Crippen molar-refractivity contribution in [2.24, 2.45) is 0 Å². The number of aromatic carboxylic acids is 1. The number of benzene rings is 1. The van der Waals surface area contributed by atoms with Gasteiger partial charge in [-0.05, 0) is 30.3 Å². The average molecular weight is 276 g/mol. The van der Waals surface area contributed by atoms with E-state index in [4.69, 9.17) is 5.11 Å². The number of phenolic OH excluding ortho intramolecular Hbond substituents is 1. The van der Waals surface area contributed by atoms with Gasteiger partial charge in [0, 0.05) is 6.20 Å². The lowest BCUT2D eigenvalue weighted by Crippen LogP contribution is -2.15. The first-order chi connectivity index (χ1) is 9.47. The van der Waals surface area contributed by atoms with E-state index in [9.17, 15) is 19.1 Å². The van der Waals surface area contributed by atoms with Gasteiger partial charge >= 0.3 is 5.97 Å². The fraction of sp³-hybridized carbons (Fsp3) is 0. The van der Waals surface area contributed by atoms with Gasteiger partial charge in [-0.1, -0.05) is 0 Å². The molecule has 1 aromatic heterocycles. The number of anilines is 1. The number of pyridine rings is 1. The van der Waals surface area contributed by atoms with Gasteiger partial charge in [0.1, 0.15) is 5.75 Å². The van der Waals surface area contributed by atoms with Crippen molar-refractivity contribution in [1.82, 2.24) is 4.98 Å². The summed E-state index contributed by atoms with van der Waals surface area (Å²) in [5.74, 6) is -2.89. The molecule has 7 heteroatoms. The van der Waals surface area contributed by atoms with Crippen LogP contribution >= 0.6 is 0 Å². The van der Waals surface area contributed by atoms with E-state index in [2.05, 4.69) is 10.3 Å². The molecule has 20 heavy (non-hydrogen) atoms. The summed E-state index contributed by atoms with van der Waals surface area (Å²) >= 11 is 0. The summed E-state index contributed by atoms with van der Waals surface area (Å²) in [7, 11) is 0. The second-order valence-corrected chi connectivity index (χ2v) is 3.86. The van der Waals surface area contributed by atoms with E-state index < -0.39 is 17.8 Å². The molecule has 1 aromatic carbocycles. The van der Waals surface area contributed by atoms with E-state index in [1.807, 2.05) is 0 Å². The summed E-state index contributed by atoms with van der Waals surface area (Å²) in [4.78, 5) is 26.2. The van der Waals surface area contributed by atoms with Gasteiger partial charge in [-0.2, -0.15) is 4.39 Å². The van der Waals surface area contributed by atoms with Crippen LogP contribution in [0.2, 0.25) is 0 Å². The Hall–Kier alpha value is -2.96. The molecule has 0 bridgehead atoms. The molecule has 0 aliphatic carbocycles. The second kappa shape index (κ2) is 5.35. The van der Waals surface area contributed by atoms with Gasteiger partial charge in [-0.25, -0.2) is 9.78 Å². The second-order valence-electron chi connectivity index (χ2n) is 3.86. The van der Waals surface area contributed by atoms with E-state index in [1.165, 1.54) is 18.2 Å². The first kappa shape index (κ1) is 13.5. The third kappa shape index (κ3) is 2.89. The molecule has 0 saturated heterocycles. The van der Waals surface area contributed by atoms with Crippen LogP contribution in [0.4, 0.5) is 10.1 Å². The van der Waals surface area contributed by atoms with Gasteiger partial charge in [0.05, 0.1) is 16.8 Å². The number of hydrogen-bond donors (Lipinski definition) is 3. The van der Waals surface area contributed by atoms with Crippen molar-refractivity contribution in [3.05, 3.63) is 53.6 Å². The van der Waals surface area contributed by atoms with Crippen LogP contribution in [0.5, 0.6) is 5.75 Å². The minimum atomic E-state index is -1.30. The molecule has 0 spiro atoms. The molecule has 102 valence electrons. The van der Waals surface area contributed by atoms with Crippen molar-refractivity contribution in [3.8, 4) is 5.75 Å². The summed E-state index contributed by atoms with van der Waals surface area (Å²) in [6.45, 7) is 0. The predicted molar refractivity (Wildman–Crippen MR) is 67.2 cm³/mol. The van der Waals surface area contributed by atoms with Crippen molar-refractivity contribution in [1.29, 1.82) is 0 Å². The van der Waals surface area contributed by atoms with Crippen LogP contribution in [0, 0.1) is 5.95 Å². The number of halogens is 1. The van der Waals surface area contributed by atoms with E-state index >= 15 is 0 Å². The molecular weight excluding hydrogens is 267 g/mol. The minimum absolute atomic E-state index is 0.0182. The third-order valence-corrected chi connectivity index (χ3v) is 2.47. The normalized spacial score (nSPS) is 10.1. The number of carboxylic acids is 1. The monoisotopic (exact) mass is 276 g/mol. The number of aromatic nitrogens is 1. The number of hydrogen-bond acceptors (Lipinski definition) is 4. The molecule has 0 radical (unpaired) electrons. The van der Waals surface area contributed by atoms with Gasteiger partial charge in [0.2, 0.25) is 5.95 Å². The Morgan fingerprint density at radius 1 is 1.20 bits per heavy atom. The molecule has 1 heterocycles. The molecule has 2 aromatic rings. The first-order valence-corrected chi connectivity index (χ1v) is 5.46. The number of carbonyl (C=O) groups excluding carboxylic acids is 1. The number of amides is 1.